The maximum absolute atomic E-state index is 5.70. The van der Waals surface area contributed by atoms with Gasteiger partial charge in [-0.15, -0.1) is 0 Å². The van der Waals surface area contributed by atoms with Gasteiger partial charge in [-0.3, -0.25) is 4.98 Å². The lowest BCUT2D eigenvalue weighted by Crippen LogP contribution is -2.15. The zero-order valence-electron chi connectivity index (χ0n) is 7.38. The lowest BCUT2D eigenvalue weighted by Gasteiger charge is -2.04. The van der Waals surface area contributed by atoms with Crippen LogP contribution in [0.3, 0.4) is 0 Å². The SMILES string of the molecule is CCCNCc1ncccc1N. The van der Waals surface area contributed by atoms with Crippen LogP contribution in [0.4, 0.5) is 5.69 Å². The van der Waals surface area contributed by atoms with E-state index in [1.165, 1.54) is 0 Å². The summed E-state index contributed by atoms with van der Waals surface area (Å²) in [5.74, 6) is 0. The van der Waals surface area contributed by atoms with Crippen molar-refractivity contribution in [2.45, 2.75) is 19.9 Å². The summed E-state index contributed by atoms with van der Waals surface area (Å²) in [6.07, 6.45) is 2.89. The van der Waals surface area contributed by atoms with Crippen molar-refractivity contribution < 1.29 is 0 Å². The normalized spacial score (nSPS) is 10.1. The minimum absolute atomic E-state index is 0.764. The zero-order chi connectivity index (χ0) is 8.81. The summed E-state index contributed by atoms with van der Waals surface area (Å²) in [6, 6.07) is 3.72. The predicted octanol–water partition coefficient (Wildman–Crippen LogP) is 1.16. The number of nitrogens with two attached hydrogens (primary N) is 1. The Bertz CT molecular complexity index is 235. The molecule has 66 valence electrons. The molecule has 0 saturated heterocycles. The summed E-state index contributed by atoms with van der Waals surface area (Å²) < 4.78 is 0. The van der Waals surface area contributed by atoms with Crippen LogP contribution in [0, 0.1) is 0 Å². The molecule has 1 aromatic heterocycles. The quantitative estimate of drug-likeness (QED) is 0.658. The van der Waals surface area contributed by atoms with Gasteiger partial charge in [-0.2, -0.15) is 0 Å². The van der Waals surface area contributed by atoms with E-state index >= 15 is 0 Å². The van der Waals surface area contributed by atoms with Crippen LogP contribution in [-0.4, -0.2) is 11.5 Å². The largest absolute Gasteiger partial charge is 0.397 e. The second-order valence-electron chi connectivity index (χ2n) is 2.72. The molecule has 0 radical (unpaired) electrons. The van der Waals surface area contributed by atoms with E-state index in [-0.39, 0.29) is 0 Å². The summed E-state index contributed by atoms with van der Waals surface area (Å²) in [7, 11) is 0. The summed E-state index contributed by atoms with van der Waals surface area (Å²) in [5, 5.41) is 3.25. The molecule has 0 amide bonds. The number of nitrogens with zero attached hydrogens (tertiary/aromatic N) is 1. The molecule has 0 aliphatic carbocycles. The van der Waals surface area contributed by atoms with Crippen LogP contribution in [0.2, 0.25) is 0 Å². The maximum atomic E-state index is 5.70. The lowest BCUT2D eigenvalue weighted by atomic mass is 10.3. The van der Waals surface area contributed by atoms with E-state index in [0.29, 0.717) is 0 Å². The molecule has 0 aromatic carbocycles. The van der Waals surface area contributed by atoms with Crippen molar-refractivity contribution in [2.24, 2.45) is 0 Å². The zero-order valence-corrected chi connectivity index (χ0v) is 7.38. The number of hydrogen-bond donors (Lipinski definition) is 2. The third-order valence-electron chi connectivity index (χ3n) is 1.64. The van der Waals surface area contributed by atoms with Gasteiger partial charge < -0.3 is 11.1 Å². The minimum Gasteiger partial charge on any atom is -0.397 e. The first kappa shape index (κ1) is 9.00. The van der Waals surface area contributed by atoms with E-state index < -0.39 is 0 Å². The van der Waals surface area contributed by atoms with Crippen LogP contribution in [-0.2, 0) is 6.54 Å². The Morgan fingerprint density at radius 3 is 3.08 bits per heavy atom. The smallest absolute Gasteiger partial charge is 0.0770 e. The first-order valence-electron chi connectivity index (χ1n) is 4.24. The van der Waals surface area contributed by atoms with Gasteiger partial charge in [0.05, 0.1) is 11.4 Å². The number of nitrogens with one attached hydrogen (secondary N) is 1. The number of nitrogen functional groups attached to an aromatic ring is 1. The van der Waals surface area contributed by atoms with Crippen LogP contribution in [0.1, 0.15) is 19.0 Å². The Kier molecular flexibility index (Phi) is 3.54. The van der Waals surface area contributed by atoms with Gasteiger partial charge in [-0.05, 0) is 25.1 Å². The van der Waals surface area contributed by atoms with Gasteiger partial charge in [-0.1, -0.05) is 6.92 Å². The van der Waals surface area contributed by atoms with Gasteiger partial charge in [0.2, 0.25) is 0 Å². The van der Waals surface area contributed by atoms with Crippen molar-refractivity contribution in [2.75, 3.05) is 12.3 Å². The molecule has 12 heavy (non-hydrogen) atoms. The van der Waals surface area contributed by atoms with E-state index in [2.05, 4.69) is 17.2 Å². The predicted molar refractivity (Wildman–Crippen MR) is 50.6 cm³/mol. The van der Waals surface area contributed by atoms with Crippen LogP contribution in [0.15, 0.2) is 18.3 Å². The summed E-state index contributed by atoms with van der Waals surface area (Å²) in [6.45, 7) is 3.91. The van der Waals surface area contributed by atoms with Crippen LogP contribution < -0.4 is 11.1 Å². The third-order valence-corrected chi connectivity index (χ3v) is 1.64. The molecule has 3 N–H and O–H groups in total. The van der Waals surface area contributed by atoms with Crippen molar-refractivity contribution in [3.63, 3.8) is 0 Å². The van der Waals surface area contributed by atoms with Gasteiger partial charge in [0.25, 0.3) is 0 Å². The van der Waals surface area contributed by atoms with Gasteiger partial charge in [0.1, 0.15) is 0 Å². The first-order chi connectivity index (χ1) is 5.84. The molecule has 0 fully saturated rings. The molecule has 1 heterocycles. The van der Waals surface area contributed by atoms with Crippen molar-refractivity contribution in [1.82, 2.24) is 10.3 Å². The Morgan fingerprint density at radius 2 is 2.42 bits per heavy atom. The molecule has 0 bridgehead atoms. The Hall–Kier alpha value is -1.09. The van der Waals surface area contributed by atoms with E-state index in [1.807, 2.05) is 12.1 Å². The van der Waals surface area contributed by atoms with Gasteiger partial charge in [-0.25, -0.2) is 0 Å². The first-order valence-corrected chi connectivity index (χ1v) is 4.24. The average molecular weight is 165 g/mol. The highest BCUT2D eigenvalue weighted by Crippen LogP contribution is 2.05. The summed E-state index contributed by atoms with van der Waals surface area (Å²) >= 11 is 0. The average Bonchev–Trinajstić information content (AvgIpc) is 2.09. The fraction of sp³-hybridized carbons (Fsp3) is 0.444. The highest BCUT2D eigenvalue weighted by atomic mass is 14.9. The maximum Gasteiger partial charge on any atom is 0.0770 e. The van der Waals surface area contributed by atoms with Crippen molar-refractivity contribution in [3.05, 3.63) is 24.0 Å². The fourth-order valence-electron chi connectivity index (χ4n) is 0.982. The number of pyridine rings is 1. The highest BCUT2D eigenvalue weighted by Gasteiger charge is 1.96. The Morgan fingerprint density at radius 1 is 1.58 bits per heavy atom. The molecule has 3 nitrogen and oxygen atoms in total. The van der Waals surface area contributed by atoms with Gasteiger partial charge in [0, 0.05) is 12.7 Å². The Labute approximate surface area is 73.0 Å². The van der Waals surface area contributed by atoms with Crippen molar-refractivity contribution in [1.29, 1.82) is 0 Å². The second kappa shape index (κ2) is 4.72. The summed E-state index contributed by atoms with van der Waals surface area (Å²) in [5.41, 5.74) is 7.40. The molecular formula is C9H15N3. The van der Waals surface area contributed by atoms with Gasteiger partial charge in [0.15, 0.2) is 0 Å². The lowest BCUT2D eigenvalue weighted by molar-refractivity contribution is 0.666. The number of aromatic nitrogens is 1. The molecule has 0 spiro atoms. The fourth-order valence-corrected chi connectivity index (χ4v) is 0.982. The standard InChI is InChI=1S/C9H15N3/c1-2-5-11-7-9-8(10)4-3-6-12-9/h3-4,6,11H,2,5,7,10H2,1H3. The van der Waals surface area contributed by atoms with Crippen LogP contribution in [0.25, 0.3) is 0 Å². The monoisotopic (exact) mass is 165 g/mol. The van der Waals surface area contributed by atoms with Gasteiger partial charge >= 0.3 is 0 Å². The minimum atomic E-state index is 0.764. The molecule has 0 saturated carbocycles. The number of anilines is 1. The second-order valence-corrected chi connectivity index (χ2v) is 2.72. The van der Waals surface area contributed by atoms with Crippen molar-refractivity contribution >= 4 is 5.69 Å². The Balaban J connectivity index is 2.46. The summed E-state index contributed by atoms with van der Waals surface area (Å²) in [4.78, 5) is 4.16. The molecule has 1 rings (SSSR count). The number of hydrogen-bond acceptors (Lipinski definition) is 3. The molecule has 1 aromatic rings. The van der Waals surface area contributed by atoms with Crippen molar-refractivity contribution in [3.8, 4) is 0 Å². The topological polar surface area (TPSA) is 50.9 Å². The molecule has 0 unspecified atom stereocenters. The van der Waals surface area contributed by atoms with E-state index in [4.69, 9.17) is 5.73 Å². The highest BCUT2D eigenvalue weighted by molar-refractivity contribution is 5.41. The van der Waals surface area contributed by atoms with Crippen LogP contribution >= 0.6 is 0 Å². The third kappa shape index (κ3) is 2.51. The number of rotatable bonds is 4. The molecule has 3 heteroatoms. The van der Waals surface area contributed by atoms with E-state index in [1.54, 1.807) is 6.20 Å². The molecular weight excluding hydrogens is 150 g/mol. The van der Waals surface area contributed by atoms with Crippen LogP contribution in [0.5, 0.6) is 0 Å². The molecule has 0 atom stereocenters. The molecule has 0 aliphatic heterocycles. The van der Waals surface area contributed by atoms with E-state index in [9.17, 15) is 0 Å². The molecule has 0 aliphatic rings. The van der Waals surface area contributed by atoms with E-state index in [0.717, 1.165) is 30.9 Å².